The van der Waals surface area contributed by atoms with Crippen molar-refractivity contribution in [2.24, 2.45) is 0 Å². The third-order valence-electron chi connectivity index (χ3n) is 2.97. The van der Waals surface area contributed by atoms with Crippen molar-refractivity contribution < 1.29 is 14.6 Å². The van der Waals surface area contributed by atoms with Crippen LogP contribution in [0.15, 0.2) is 28.7 Å². The molecule has 1 N–H and O–H groups in total. The summed E-state index contributed by atoms with van der Waals surface area (Å²) in [6, 6.07) is 5.65. The van der Waals surface area contributed by atoms with Gasteiger partial charge in [-0.25, -0.2) is 4.79 Å². The fraction of sp³-hybridized carbons (Fsp3) is 0.357. The minimum Gasteiger partial charge on any atom is -0.490 e. The lowest BCUT2D eigenvalue weighted by Crippen LogP contribution is -2.11. The lowest BCUT2D eigenvalue weighted by Gasteiger charge is -2.15. The van der Waals surface area contributed by atoms with E-state index >= 15 is 0 Å². The Morgan fingerprint density at radius 1 is 1.39 bits per heavy atom. The second-order valence-corrected chi connectivity index (χ2v) is 5.29. The second-order valence-electron chi connectivity index (χ2n) is 4.38. The molecule has 1 aliphatic rings. The first kappa shape index (κ1) is 13.1. The molecule has 0 unspecified atom stereocenters. The Bertz CT molecular complexity index is 462. The molecule has 3 nitrogen and oxygen atoms in total. The molecule has 96 valence electrons. The maximum absolute atomic E-state index is 10.6. The lowest BCUT2D eigenvalue weighted by atomic mass is 10.2. The van der Waals surface area contributed by atoms with Crippen molar-refractivity contribution in [3.8, 4) is 5.75 Å². The maximum atomic E-state index is 10.6. The van der Waals surface area contributed by atoms with E-state index in [-0.39, 0.29) is 6.10 Å². The highest BCUT2D eigenvalue weighted by Gasteiger charge is 2.17. The first-order valence-electron chi connectivity index (χ1n) is 6.02. The summed E-state index contributed by atoms with van der Waals surface area (Å²) in [4.78, 5) is 10.6. The van der Waals surface area contributed by atoms with Crippen molar-refractivity contribution in [1.29, 1.82) is 0 Å². The number of ether oxygens (including phenoxy) is 1. The number of hydrogen-bond donors (Lipinski definition) is 1. The molecule has 18 heavy (non-hydrogen) atoms. The van der Waals surface area contributed by atoms with Gasteiger partial charge in [-0.15, -0.1) is 0 Å². The fourth-order valence-electron chi connectivity index (χ4n) is 2.10. The number of carbonyl (C=O) groups is 1. The van der Waals surface area contributed by atoms with Crippen LogP contribution in [0.2, 0.25) is 0 Å². The Hall–Kier alpha value is -1.29. The summed E-state index contributed by atoms with van der Waals surface area (Å²) in [5.41, 5.74) is 0.790. The van der Waals surface area contributed by atoms with E-state index in [2.05, 4.69) is 15.9 Å². The van der Waals surface area contributed by atoms with Crippen LogP contribution < -0.4 is 4.74 Å². The molecule has 1 fully saturated rings. The summed E-state index contributed by atoms with van der Waals surface area (Å²) in [5, 5.41) is 8.68. The van der Waals surface area contributed by atoms with Crippen molar-refractivity contribution in [3.63, 3.8) is 0 Å². The van der Waals surface area contributed by atoms with Crippen molar-refractivity contribution in [3.05, 3.63) is 34.3 Å². The average Bonchev–Trinajstić information content (AvgIpc) is 2.82. The largest absolute Gasteiger partial charge is 0.490 e. The Balaban J connectivity index is 2.19. The van der Waals surface area contributed by atoms with E-state index in [9.17, 15) is 4.79 Å². The molecular formula is C14H15BrO3. The normalized spacial score (nSPS) is 16.3. The number of carboxylic acids is 1. The number of carboxylic acid groups (broad SMARTS) is 1. The van der Waals surface area contributed by atoms with Crippen molar-refractivity contribution in [2.75, 3.05) is 0 Å². The predicted molar refractivity (Wildman–Crippen MR) is 73.7 cm³/mol. The van der Waals surface area contributed by atoms with E-state index in [1.807, 2.05) is 18.2 Å². The standard InChI is InChI=1S/C14H15BrO3/c15-11-6-7-13(18-12-3-1-2-4-12)10(9-11)5-8-14(16)17/h5-9,12H,1-4H2,(H,16,17)/b8-5+. The SMILES string of the molecule is O=C(O)/C=C/c1cc(Br)ccc1OC1CCCC1. The molecule has 0 aromatic heterocycles. The fourth-order valence-corrected chi connectivity index (χ4v) is 2.48. The number of hydrogen-bond acceptors (Lipinski definition) is 2. The number of rotatable bonds is 4. The summed E-state index contributed by atoms with van der Waals surface area (Å²) in [5.74, 6) is -0.204. The zero-order chi connectivity index (χ0) is 13.0. The van der Waals surface area contributed by atoms with Crippen molar-refractivity contribution >= 4 is 28.0 Å². The number of halogens is 1. The molecule has 0 bridgehead atoms. The molecule has 1 aromatic rings. The molecule has 0 heterocycles. The summed E-state index contributed by atoms with van der Waals surface area (Å²) < 4.78 is 6.84. The summed E-state index contributed by atoms with van der Waals surface area (Å²) in [6.07, 6.45) is 7.54. The Labute approximate surface area is 115 Å². The lowest BCUT2D eigenvalue weighted by molar-refractivity contribution is -0.131. The van der Waals surface area contributed by atoms with Crippen LogP contribution in [0.4, 0.5) is 0 Å². The highest BCUT2D eigenvalue weighted by atomic mass is 79.9. The molecule has 4 heteroatoms. The predicted octanol–water partition coefficient (Wildman–Crippen LogP) is 3.87. The van der Waals surface area contributed by atoms with Crippen LogP contribution in [0, 0.1) is 0 Å². The van der Waals surface area contributed by atoms with Gasteiger partial charge in [-0.3, -0.25) is 0 Å². The van der Waals surface area contributed by atoms with E-state index in [0.717, 1.165) is 34.7 Å². The summed E-state index contributed by atoms with van der Waals surface area (Å²) in [6.45, 7) is 0. The van der Waals surface area contributed by atoms with E-state index in [1.165, 1.54) is 12.8 Å². The zero-order valence-electron chi connectivity index (χ0n) is 9.93. The monoisotopic (exact) mass is 310 g/mol. The first-order valence-corrected chi connectivity index (χ1v) is 6.81. The molecule has 1 aliphatic carbocycles. The quantitative estimate of drug-likeness (QED) is 0.859. The van der Waals surface area contributed by atoms with Gasteiger partial charge in [0.25, 0.3) is 0 Å². The Morgan fingerprint density at radius 2 is 2.11 bits per heavy atom. The van der Waals surface area contributed by atoms with Gasteiger partial charge in [0.15, 0.2) is 0 Å². The highest BCUT2D eigenvalue weighted by molar-refractivity contribution is 9.10. The van der Waals surface area contributed by atoms with Crippen molar-refractivity contribution in [1.82, 2.24) is 0 Å². The van der Waals surface area contributed by atoms with E-state index in [0.29, 0.717) is 0 Å². The summed E-state index contributed by atoms with van der Waals surface area (Å²) >= 11 is 3.38. The van der Waals surface area contributed by atoms with Gasteiger partial charge in [0.05, 0.1) is 6.10 Å². The second kappa shape index (κ2) is 6.05. The molecular weight excluding hydrogens is 296 g/mol. The smallest absolute Gasteiger partial charge is 0.328 e. The van der Waals surface area contributed by atoms with Crippen LogP contribution in [-0.4, -0.2) is 17.2 Å². The first-order chi connectivity index (χ1) is 8.65. The van der Waals surface area contributed by atoms with Gasteiger partial charge in [-0.05, 0) is 50.0 Å². The van der Waals surface area contributed by atoms with Gasteiger partial charge in [0, 0.05) is 16.1 Å². The average molecular weight is 311 g/mol. The molecule has 1 saturated carbocycles. The van der Waals surface area contributed by atoms with Crippen LogP contribution in [0.3, 0.4) is 0 Å². The Kier molecular flexibility index (Phi) is 4.42. The van der Waals surface area contributed by atoms with Gasteiger partial charge in [-0.2, -0.15) is 0 Å². The molecule has 0 aliphatic heterocycles. The topological polar surface area (TPSA) is 46.5 Å². The van der Waals surface area contributed by atoms with Crippen LogP contribution in [0.25, 0.3) is 6.08 Å². The minimum atomic E-state index is -0.957. The van der Waals surface area contributed by atoms with E-state index in [1.54, 1.807) is 6.08 Å². The van der Waals surface area contributed by atoms with Gasteiger partial charge in [0.1, 0.15) is 5.75 Å². The van der Waals surface area contributed by atoms with Gasteiger partial charge < -0.3 is 9.84 Å². The maximum Gasteiger partial charge on any atom is 0.328 e. The molecule has 0 saturated heterocycles. The molecule has 1 aromatic carbocycles. The third-order valence-corrected chi connectivity index (χ3v) is 3.47. The van der Waals surface area contributed by atoms with Gasteiger partial charge >= 0.3 is 5.97 Å². The molecule has 0 spiro atoms. The third kappa shape index (κ3) is 3.60. The molecule has 0 atom stereocenters. The van der Waals surface area contributed by atoms with Gasteiger partial charge in [-0.1, -0.05) is 15.9 Å². The van der Waals surface area contributed by atoms with E-state index < -0.39 is 5.97 Å². The Morgan fingerprint density at radius 3 is 2.78 bits per heavy atom. The van der Waals surface area contributed by atoms with Crippen LogP contribution >= 0.6 is 15.9 Å². The van der Waals surface area contributed by atoms with E-state index in [4.69, 9.17) is 9.84 Å². The molecule has 0 radical (unpaired) electrons. The van der Waals surface area contributed by atoms with Gasteiger partial charge in [0.2, 0.25) is 0 Å². The zero-order valence-corrected chi connectivity index (χ0v) is 11.5. The minimum absolute atomic E-state index is 0.267. The highest BCUT2D eigenvalue weighted by Crippen LogP contribution is 2.29. The van der Waals surface area contributed by atoms with Crippen LogP contribution in [0.5, 0.6) is 5.75 Å². The van der Waals surface area contributed by atoms with Crippen LogP contribution in [0.1, 0.15) is 31.2 Å². The van der Waals surface area contributed by atoms with Crippen LogP contribution in [-0.2, 0) is 4.79 Å². The molecule has 0 amide bonds. The van der Waals surface area contributed by atoms with Crippen molar-refractivity contribution in [2.45, 2.75) is 31.8 Å². The summed E-state index contributed by atoms with van der Waals surface area (Å²) in [7, 11) is 0. The molecule has 2 rings (SSSR count). The number of aliphatic carboxylic acids is 1. The number of benzene rings is 1.